The van der Waals surface area contributed by atoms with Crippen LogP contribution in [0.5, 0.6) is 0 Å². The summed E-state index contributed by atoms with van der Waals surface area (Å²) in [5, 5.41) is 15.4. The van der Waals surface area contributed by atoms with Crippen molar-refractivity contribution in [1.82, 2.24) is 15.1 Å². The van der Waals surface area contributed by atoms with Crippen molar-refractivity contribution in [2.45, 2.75) is 26.8 Å². The number of carboxylic acids is 1. The van der Waals surface area contributed by atoms with Gasteiger partial charge in [-0.1, -0.05) is 13.8 Å². The Morgan fingerprint density at radius 2 is 2.12 bits per heavy atom. The molecule has 1 aromatic heterocycles. The van der Waals surface area contributed by atoms with Crippen LogP contribution in [0.1, 0.15) is 37.2 Å². The minimum atomic E-state index is -0.984. The third-order valence-electron chi connectivity index (χ3n) is 2.29. The van der Waals surface area contributed by atoms with E-state index in [1.54, 1.807) is 0 Å². The number of rotatable bonds is 5. The second-order valence-electron chi connectivity index (χ2n) is 4.33. The second-order valence-corrected chi connectivity index (χ2v) is 4.33. The fourth-order valence-electron chi connectivity index (χ4n) is 1.18. The van der Waals surface area contributed by atoms with Crippen LogP contribution in [-0.2, 0) is 4.79 Å². The average Bonchev–Trinajstić information content (AvgIpc) is 2.73. The van der Waals surface area contributed by atoms with Crippen LogP contribution in [0.4, 0.5) is 0 Å². The number of hydrogen-bond donors (Lipinski definition) is 2. The van der Waals surface area contributed by atoms with Gasteiger partial charge < -0.3 is 10.4 Å². The van der Waals surface area contributed by atoms with Crippen molar-refractivity contribution in [2.24, 2.45) is 5.92 Å². The Kier molecular flexibility index (Phi) is 4.25. The molecular weight excluding hydrogens is 222 g/mol. The molecule has 0 bridgehead atoms. The summed E-state index contributed by atoms with van der Waals surface area (Å²) < 4.78 is 1.26. The molecule has 1 amide bonds. The molecule has 0 radical (unpaired) electrons. The molecule has 1 heterocycles. The molecule has 1 aromatic rings. The van der Waals surface area contributed by atoms with Crippen LogP contribution in [0.2, 0.25) is 0 Å². The number of aromatic nitrogens is 2. The number of nitrogens with zero attached hydrogens (tertiary/aromatic N) is 2. The van der Waals surface area contributed by atoms with Crippen molar-refractivity contribution < 1.29 is 14.7 Å². The van der Waals surface area contributed by atoms with Gasteiger partial charge in [0.1, 0.15) is 6.04 Å². The number of nitrogens with one attached hydrogen (secondary N) is 1. The summed E-state index contributed by atoms with van der Waals surface area (Å²) in [4.78, 5) is 22.4. The van der Waals surface area contributed by atoms with E-state index >= 15 is 0 Å². The monoisotopic (exact) mass is 239 g/mol. The first kappa shape index (κ1) is 13.2. The minimum absolute atomic E-state index is 0.234. The van der Waals surface area contributed by atoms with Crippen LogP contribution in [0.15, 0.2) is 12.4 Å². The van der Waals surface area contributed by atoms with E-state index in [9.17, 15) is 9.59 Å². The summed E-state index contributed by atoms with van der Waals surface area (Å²) in [7, 11) is 0. The SMILES string of the molecule is CC(C)CNC(=O)c1cnn(C(C)C(=O)O)c1. The Morgan fingerprint density at radius 1 is 1.47 bits per heavy atom. The third kappa shape index (κ3) is 3.58. The zero-order valence-corrected chi connectivity index (χ0v) is 10.2. The first-order chi connectivity index (χ1) is 7.91. The lowest BCUT2D eigenvalue weighted by molar-refractivity contribution is -0.140. The first-order valence-electron chi connectivity index (χ1n) is 5.47. The van der Waals surface area contributed by atoms with Gasteiger partial charge >= 0.3 is 5.97 Å². The smallest absolute Gasteiger partial charge is 0.328 e. The molecule has 94 valence electrons. The van der Waals surface area contributed by atoms with Crippen LogP contribution in [0.3, 0.4) is 0 Å². The van der Waals surface area contributed by atoms with Gasteiger partial charge in [-0.05, 0) is 12.8 Å². The molecule has 6 nitrogen and oxygen atoms in total. The molecule has 1 rings (SSSR count). The Morgan fingerprint density at radius 3 is 2.65 bits per heavy atom. The largest absolute Gasteiger partial charge is 0.480 e. The van der Waals surface area contributed by atoms with Crippen molar-refractivity contribution in [3.63, 3.8) is 0 Å². The van der Waals surface area contributed by atoms with E-state index < -0.39 is 12.0 Å². The lowest BCUT2D eigenvalue weighted by Crippen LogP contribution is -2.27. The van der Waals surface area contributed by atoms with E-state index in [-0.39, 0.29) is 5.91 Å². The van der Waals surface area contributed by atoms with Crippen LogP contribution in [-0.4, -0.2) is 33.3 Å². The molecule has 0 saturated carbocycles. The zero-order valence-electron chi connectivity index (χ0n) is 10.2. The van der Waals surface area contributed by atoms with Gasteiger partial charge in [0, 0.05) is 12.7 Å². The second kappa shape index (κ2) is 5.47. The normalized spacial score (nSPS) is 12.5. The highest BCUT2D eigenvalue weighted by Crippen LogP contribution is 2.06. The Bertz CT molecular complexity index is 412. The Labute approximate surface area is 99.6 Å². The average molecular weight is 239 g/mol. The molecule has 0 aromatic carbocycles. The van der Waals surface area contributed by atoms with E-state index in [1.165, 1.54) is 24.0 Å². The van der Waals surface area contributed by atoms with Crippen LogP contribution in [0, 0.1) is 5.92 Å². The van der Waals surface area contributed by atoms with Gasteiger partial charge in [-0.2, -0.15) is 5.10 Å². The lowest BCUT2D eigenvalue weighted by atomic mass is 10.2. The molecule has 2 N–H and O–H groups in total. The number of amides is 1. The zero-order chi connectivity index (χ0) is 13.0. The summed E-state index contributed by atoms with van der Waals surface area (Å²) in [6, 6.07) is -0.776. The lowest BCUT2D eigenvalue weighted by Gasteiger charge is -2.06. The third-order valence-corrected chi connectivity index (χ3v) is 2.29. The van der Waals surface area contributed by atoms with E-state index in [0.29, 0.717) is 18.0 Å². The van der Waals surface area contributed by atoms with E-state index in [1.807, 2.05) is 13.8 Å². The van der Waals surface area contributed by atoms with Crippen molar-refractivity contribution in [3.8, 4) is 0 Å². The predicted molar refractivity (Wildman–Crippen MR) is 61.7 cm³/mol. The van der Waals surface area contributed by atoms with Gasteiger partial charge in [-0.3, -0.25) is 9.48 Å². The first-order valence-corrected chi connectivity index (χ1v) is 5.47. The van der Waals surface area contributed by atoms with Crippen molar-refractivity contribution in [3.05, 3.63) is 18.0 Å². The predicted octanol–water partition coefficient (Wildman–Crippen LogP) is 0.914. The Balaban J connectivity index is 2.67. The van der Waals surface area contributed by atoms with E-state index in [2.05, 4.69) is 10.4 Å². The number of aliphatic carboxylic acids is 1. The molecule has 1 atom stereocenters. The minimum Gasteiger partial charge on any atom is -0.480 e. The fourth-order valence-corrected chi connectivity index (χ4v) is 1.18. The summed E-state index contributed by atoms with van der Waals surface area (Å²) in [5.74, 6) is -0.850. The number of hydrogen-bond acceptors (Lipinski definition) is 3. The van der Waals surface area contributed by atoms with Crippen molar-refractivity contribution in [1.29, 1.82) is 0 Å². The molecule has 0 saturated heterocycles. The number of carboxylic acid groups (broad SMARTS) is 1. The maximum atomic E-state index is 11.6. The van der Waals surface area contributed by atoms with Crippen LogP contribution >= 0.6 is 0 Å². The molecule has 0 fully saturated rings. The standard InChI is InChI=1S/C11H17N3O3/c1-7(2)4-12-10(15)9-5-13-14(6-9)8(3)11(16)17/h5-8H,4H2,1-3H3,(H,12,15)(H,16,17). The van der Waals surface area contributed by atoms with Crippen LogP contribution in [0.25, 0.3) is 0 Å². The Hall–Kier alpha value is -1.85. The van der Waals surface area contributed by atoms with Gasteiger partial charge in [0.2, 0.25) is 0 Å². The molecule has 0 aliphatic rings. The molecule has 0 aliphatic heterocycles. The van der Waals surface area contributed by atoms with E-state index in [0.717, 1.165) is 0 Å². The quantitative estimate of drug-likeness (QED) is 0.800. The fraction of sp³-hybridized carbons (Fsp3) is 0.545. The maximum absolute atomic E-state index is 11.6. The van der Waals surface area contributed by atoms with E-state index in [4.69, 9.17) is 5.11 Å². The molecule has 6 heteroatoms. The van der Waals surface area contributed by atoms with Gasteiger partial charge in [-0.25, -0.2) is 4.79 Å². The van der Waals surface area contributed by atoms with Gasteiger partial charge in [0.25, 0.3) is 5.91 Å². The summed E-state index contributed by atoms with van der Waals surface area (Å²) in [5.41, 5.74) is 0.374. The molecule has 17 heavy (non-hydrogen) atoms. The van der Waals surface area contributed by atoms with Crippen LogP contribution < -0.4 is 5.32 Å². The summed E-state index contributed by atoms with van der Waals surface area (Å²) in [6.07, 6.45) is 2.81. The molecular formula is C11H17N3O3. The molecule has 1 unspecified atom stereocenters. The number of carbonyl (C=O) groups is 2. The van der Waals surface area contributed by atoms with Gasteiger partial charge in [-0.15, -0.1) is 0 Å². The van der Waals surface area contributed by atoms with Gasteiger partial charge in [0.05, 0.1) is 11.8 Å². The molecule has 0 aliphatic carbocycles. The number of carbonyl (C=O) groups excluding carboxylic acids is 1. The maximum Gasteiger partial charge on any atom is 0.328 e. The highest BCUT2D eigenvalue weighted by atomic mass is 16.4. The highest BCUT2D eigenvalue weighted by molar-refractivity contribution is 5.93. The van der Waals surface area contributed by atoms with Crippen molar-refractivity contribution in [2.75, 3.05) is 6.54 Å². The summed E-state index contributed by atoms with van der Waals surface area (Å²) >= 11 is 0. The highest BCUT2D eigenvalue weighted by Gasteiger charge is 2.16. The van der Waals surface area contributed by atoms with Gasteiger partial charge in [0.15, 0.2) is 0 Å². The molecule has 0 spiro atoms. The summed E-state index contributed by atoms with van der Waals surface area (Å²) in [6.45, 7) is 6.08. The van der Waals surface area contributed by atoms with Crippen molar-refractivity contribution >= 4 is 11.9 Å². The topological polar surface area (TPSA) is 84.2 Å².